The number of amides is 1. The van der Waals surface area contributed by atoms with Crippen LogP contribution in [0.2, 0.25) is 0 Å². The van der Waals surface area contributed by atoms with E-state index in [4.69, 9.17) is 10.5 Å². The molecule has 3 N–H and O–H groups in total. The first kappa shape index (κ1) is 14.7. The number of nitrogens with one attached hydrogen (secondary N) is 1. The smallest absolute Gasteiger partial charge is 0.223 e. The van der Waals surface area contributed by atoms with Gasteiger partial charge in [-0.15, -0.1) is 0 Å². The number of rotatable bonds is 4. The van der Waals surface area contributed by atoms with Gasteiger partial charge in [0.25, 0.3) is 0 Å². The molecule has 1 fully saturated rings. The number of hydrogen-bond acceptors (Lipinski definition) is 3. The highest BCUT2D eigenvalue weighted by atomic mass is 16.5. The molecule has 0 saturated heterocycles. The van der Waals surface area contributed by atoms with E-state index in [1.54, 1.807) is 13.2 Å². The minimum Gasteiger partial charge on any atom is -0.496 e. The lowest BCUT2D eigenvalue weighted by molar-refractivity contribution is -0.127. The van der Waals surface area contributed by atoms with Gasteiger partial charge < -0.3 is 15.8 Å². The summed E-state index contributed by atoms with van der Waals surface area (Å²) in [6.45, 7) is 4.80. The van der Waals surface area contributed by atoms with Gasteiger partial charge in [-0.3, -0.25) is 4.79 Å². The van der Waals surface area contributed by atoms with E-state index in [9.17, 15) is 4.79 Å². The van der Waals surface area contributed by atoms with Crippen molar-refractivity contribution in [3.63, 3.8) is 0 Å². The van der Waals surface area contributed by atoms with Crippen LogP contribution < -0.4 is 15.8 Å². The molecule has 1 aliphatic rings. The maximum Gasteiger partial charge on any atom is 0.223 e. The molecule has 1 aromatic carbocycles. The number of ether oxygens (including phenoxy) is 1. The summed E-state index contributed by atoms with van der Waals surface area (Å²) in [6.07, 6.45) is 3.23. The first-order valence-electron chi connectivity index (χ1n) is 7.14. The lowest BCUT2D eigenvalue weighted by Crippen LogP contribution is -2.35. The zero-order valence-electron chi connectivity index (χ0n) is 12.5. The molecule has 0 bridgehead atoms. The molecule has 4 nitrogen and oxygen atoms in total. The molecule has 20 heavy (non-hydrogen) atoms. The average Bonchev–Trinajstić information content (AvgIpc) is 2.76. The van der Waals surface area contributed by atoms with Gasteiger partial charge in [0, 0.05) is 23.7 Å². The first-order chi connectivity index (χ1) is 9.44. The van der Waals surface area contributed by atoms with Gasteiger partial charge in [0.1, 0.15) is 5.75 Å². The Labute approximate surface area is 120 Å². The number of nitrogen functional groups attached to an aromatic ring is 1. The van der Waals surface area contributed by atoms with Gasteiger partial charge in [0.05, 0.1) is 7.11 Å². The number of benzene rings is 1. The minimum atomic E-state index is 0.101. The Hall–Kier alpha value is -1.71. The van der Waals surface area contributed by atoms with Gasteiger partial charge in [-0.05, 0) is 36.5 Å². The van der Waals surface area contributed by atoms with Crippen LogP contribution in [0.3, 0.4) is 0 Å². The maximum absolute atomic E-state index is 12.3. The van der Waals surface area contributed by atoms with Crippen LogP contribution >= 0.6 is 0 Å². The molecule has 0 aromatic heterocycles. The third-order valence-corrected chi connectivity index (χ3v) is 4.33. The molecule has 1 amide bonds. The Morgan fingerprint density at radius 2 is 2.25 bits per heavy atom. The highest BCUT2D eigenvalue weighted by Crippen LogP contribution is 2.42. The predicted octanol–water partition coefficient (Wildman–Crippen LogP) is 2.72. The second-order valence-corrected chi connectivity index (χ2v) is 6.22. The van der Waals surface area contributed by atoms with Gasteiger partial charge in [0.15, 0.2) is 0 Å². The monoisotopic (exact) mass is 276 g/mol. The third kappa shape index (κ3) is 3.06. The Balaban J connectivity index is 2.02. The number of hydrogen-bond donors (Lipinski definition) is 2. The zero-order chi connectivity index (χ0) is 14.8. The van der Waals surface area contributed by atoms with Crippen LogP contribution in [0.4, 0.5) is 5.69 Å². The van der Waals surface area contributed by atoms with Crippen molar-refractivity contribution in [2.45, 2.75) is 39.7 Å². The van der Waals surface area contributed by atoms with E-state index in [1.807, 2.05) is 12.1 Å². The molecule has 1 unspecified atom stereocenters. The molecule has 0 spiro atoms. The molecule has 1 atom stereocenters. The molecule has 1 aromatic rings. The molecule has 0 radical (unpaired) electrons. The van der Waals surface area contributed by atoms with Crippen LogP contribution in [0, 0.1) is 11.3 Å². The largest absolute Gasteiger partial charge is 0.496 e. The summed E-state index contributed by atoms with van der Waals surface area (Å²) >= 11 is 0. The van der Waals surface area contributed by atoms with Crippen molar-refractivity contribution in [2.24, 2.45) is 11.3 Å². The van der Waals surface area contributed by atoms with E-state index in [2.05, 4.69) is 19.2 Å². The fourth-order valence-corrected chi connectivity index (χ4v) is 3.05. The van der Waals surface area contributed by atoms with Crippen molar-refractivity contribution in [1.29, 1.82) is 0 Å². The average molecular weight is 276 g/mol. The number of methoxy groups -OCH3 is 1. The van der Waals surface area contributed by atoms with E-state index in [0.29, 0.717) is 12.2 Å². The SMILES string of the molecule is COc1ccc(N)cc1CNC(=O)C1CCCC1(C)C. The fraction of sp³-hybridized carbons (Fsp3) is 0.562. The quantitative estimate of drug-likeness (QED) is 0.831. The maximum atomic E-state index is 12.3. The van der Waals surface area contributed by atoms with Gasteiger partial charge in [-0.2, -0.15) is 0 Å². The fourth-order valence-electron chi connectivity index (χ4n) is 3.05. The topological polar surface area (TPSA) is 64.3 Å². The van der Waals surface area contributed by atoms with E-state index < -0.39 is 0 Å². The van der Waals surface area contributed by atoms with Crippen LogP contribution in [0.5, 0.6) is 5.75 Å². The van der Waals surface area contributed by atoms with Crippen LogP contribution in [0.1, 0.15) is 38.7 Å². The van der Waals surface area contributed by atoms with Crippen molar-refractivity contribution >= 4 is 11.6 Å². The van der Waals surface area contributed by atoms with E-state index in [1.165, 1.54) is 0 Å². The lowest BCUT2D eigenvalue weighted by atomic mass is 9.81. The minimum absolute atomic E-state index is 0.101. The molecule has 1 aliphatic carbocycles. The van der Waals surface area contributed by atoms with Crippen LogP contribution in [-0.2, 0) is 11.3 Å². The van der Waals surface area contributed by atoms with Crippen LogP contribution in [-0.4, -0.2) is 13.0 Å². The predicted molar refractivity (Wildman–Crippen MR) is 80.4 cm³/mol. The van der Waals surface area contributed by atoms with E-state index in [-0.39, 0.29) is 17.2 Å². The Morgan fingerprint density at radius 1 is 1.50 bits per heavy atom. The first-order valence-corrected chi connectivity index (χ1v) is 7.14. The molecular formula is C16H24N2O2. The Bertz CT molecular complexity index is 497. The summed E-state index contributed by atoms with van der Waals surface area (Å²) in [5.74, 6) is 0.997. The van der Waals surface area contributed by atoms with Crippen LogP contribution in [0.15, 0.2) is 18.2 Å². The summed E-state index contributed by atoms with van der Waals surface area (Å²) in [7, 11) is 1.62. The highest BCUT2D eigenvalue weighted by molar-refractivity contribution is 5.79. The summed E-state index contributed by atoms with van der Waals surface area (Å²) in [4.78, 5) is 12.3. The van der Waals surface area contributed by atoms with Gasteiger partial charge >= 0.3 is 0 Å². The van der Waals surface area contributed by atoms with Crippen molar-refractivity contribution in [1.82, 2.24) is 5.32 Å². The molecule has 110 valence electrons. The van der Waals surface area contributed by atoms with Crippen molar-refractivity contribution < 1.29 is 9.53 Å². The normalized spacial score (nSPS) is 20.6. The molecule has 2 rings (SSSR count). The number of anilines is 1. The summed E-state index contributed by atoms with van der Waals surface area (Å²) in [5.41, 5.74) is 7.48. The Morgan fingerprint density at radius 3 is 2.85 bits per heavy atom. The number of carbonyl (C=O) groups excluding carboxylic acids is 1. The molecule has 1 saturated carbocycles. The second-order valence-electron chi connectivity index (χ2n) is 6.22. The zero-order valence-corrected chi connectivity index (χ0v) is 12.5. The van der Waals surface area contributed by atoms with E-state index in [0.717, 1.165) is 30.6 Å². The third-order valence-electron chi connectivity index (χ3n) is 4.33. The molecule has 4 heteroatoms. The number of nitrogens with two attached hydrogens (primary N) is 1. The molecule has 0 aliphatic heterocycles. The summed E-state index contributed by atoms with van der Waals surface area (Å²) in [6, 6.07) is 5.47. The second kappa shape index (κ2) is 5.73. The van der Waals surface area contributed by atoms with Gasteiger partial charge in [-0.1, -0.05) is 20.3 Å². The van der Waals surface area contributed by atoms with Crippen molar-refractivity contribution in [3.05, 3.63) is 23.8 Å². The highest BCUT2D eigenvalue weighted by Gasteiger charge is 2.39. The van der Waals surface area contributed by atoms with Gasteiger partial charge in [0.2, 0.25) is 5.91 Å². The van der Waals surface area contributed by atoms with Gasteiger partial charge in [-0.25, -0.2) is 0 Å². The van der Waals surface area contributed by atoms with E-state index >= 15 is 0 Å². The van der Waals surface area contributed by atoms with Crippen molar-refractivity contribution in [3.8, 4) is 5.75 Å². The van der Waals surface area contributed by atoms with Crippen LogP contribution in [0.25, 0.3) is 0 Å². The number of carbonyl (C=O) groups is 1. The standard InChI is InChI=1S/C16H24N2O2/c1-16(2)8-4-5-13(16)15(19)18-10-11-9-12(17)6-7-14(11)20-3/h6-7,9,13H,4-5,8,10,17H2,1-3H3,(H,18,19). The summed E-state index contributed by atoms with van der Waals surface area (Å²) in [5, 5.41) is 3.02. The Kier molecular flexibility index (Phi) is 4.21. The molecule has 0 heterocycles. The molecular weight excluding hydrogens is 252 g/mol. The van der Waals surface area contributed by atoms with Crippen molar-refractivity contribution in [2.75, 3.05) is 12.8 Å². The summed E-state index contributed by atoms with van der Waals surface area (Å²) < 4.78 is 5.29. The lowest BCUT2D eigenvalue weighted by Gasteiger charge is -2.26.